The van der Waals surface area contributed by atoms with Crippen molar-refractivity contribution in [1.29, 1.82) is 0 Å². The van der Waals surface area contributed by atoms with Gasteiger partial charge < -0.3 is 10.1 Å². The number of hydrogen-bond donors (Lipinski definition) is 1. The molecule has 2 rings (SSSR count). The van der Waals surface area contributed by atoms with Crippen LogP contribution >= 0.6 is 11.8 Å². The molecule has 0 aliphatic rings. The molecule has 0 heterocycles. The molecule has 2 aromatic carbocycles. The number of hydrogen-bond acceptors (Lipinski definition) is 3. The van der Waals surface area contributed by atoms with Gasteiger partial charge in [-0.2, -0.15) is 0 Å². The molecule has 116 valence electrons. The van der Waals surface area contributed by atoms with Gasteiger partial charge in [-0.15, -0.1) is 11.8 Å². The number of carbonyl (C=O) groups is 1. The van der Waals surface area contributed by atoms with Crippen molar-refractivity contribution in [3.05, 3.63) is 60.2 Å². The Morgan fingerprint density at radius 2 is 1.68 bits per heavy atom. The lowest BCUT2D eigenvalue weighted by atomic mass is 10.1. The van der Waals surface area contributed by atoms with E-state index in [0.29, 0.717) is 0 Å². The highest BCUT2D eigenvalue weighted by atomic mass is 32.2. The first-order valence-corrected chi connectivity index (χ1v) is 8.14. The molecular formula is C18H21NO2S. The van der Waals surface area contributed by atoms with Crippen molar-refractivity contribution in [2.75, 3.05) is 7.11 Å². The summed E-state index contributed by atoms with van der Waals surface area (Å²) in [4.78, 5) is 13.5. The number of ether oxygens (including phenoxy) is 1. The lowest BCUT2D eigenvalue weighted by molar-refractivity contribution is -0.120. The Hall–Kier alpha value is -1.94. The van der Waals surface area contributed by atoms with E-state index in [0.717, 1.165) is 16.2 Å². The Morgan fingerprint density at radius 1 is 1.05 bits per heavy atom. The van der Waals surface area contributed by atoms with Crippen LogP contribution in [0, 0.1) is 0 Å². The van der Waals surface area contributed by atoms with Crippen LogP contribution in [0.15, 0.2) is 59.5 Å². The summed E-state index contributed by atoms with van der Waals surface area (Å²) in [6, 6.07) is 17.6. The van der Waals surface area contributed by atoms with E-state index in [-0.39, 0.29) is 17.2 Å². The molecule has 4 heteroatoms. The highest BCUT2D eigenvalue weighted by Gasteiger charge is 2.18. The lowest BCUT2D eigenvalue weighted by Gasteiger charge is -2.19. The Balaban J connectivity index is 1.98. The fourth-order valence-corrected chi connectivity index (χ4v) is 3.09. The average molecular weight is 315 g/mol. The second-order valence-corrected chi connectivity index (χ2v) is 6.46. The van der Waals surface area contributed by atoms with Crippen molar-refractivity contribution in [2.24, 2.45) is 0 Å². The van der Waals surface area contributed by atoms with Gasteiger partial charge in [0, 0.05) is 10.5 Å². The summed E-state index contributed by atoms with van der Waals surface area (Å²) < 4.78 is 5.35. The van der Waals surface area contributed by atoms with E-state index in [1.807, 2.05) is 68.4 Å². The number of rotatable bonds is 6. The molecule has 1 amide bonds. The fraction of sp³-hybridized carbons (Fsp3) is 0.278. The van der Waals surface area contributed by atoms with Gasteiger partial charge in [0.1, 0.15) is 5.75 Å². The fourth-order valence-electron chi connectivity index (χ4n) is 2.19. The largest absolute Gasteiger partial charge is 0.496 e. The minimum absolute atomic E-state index is 0.0206. The zero-order valence-electron chi connectivity index (χ0n) is 13.1. The summed E-state index contributed by atoms with van der Waals surface area (Å²) in [5, 5.41) is 2.90. The monoisotopic (exact) mass is 315 g/mol. The molecule has 0 bridgehead atoms. The highest BCUT2D eigenvalue weighted by Crippen LogP contribution is 2.26. The molecule has 2 atom stereocenters. The van der Waals surface area contributed by atoms with Crippen LogP contribution in [0.4, 0.5) is 0 Å². The van der Waals surface area contributed by atoms with Crippen molar-refractivity contribution in [2.45, 2.75) is 30.0 Å². The van der Waals surface area contributed by atoms with Gasteiger partial charge in [0.05, 0.1) is 18.4 Å². The lowest BCUT2D eigenvalue weighted by Crippen LogP contribution is -2.33. The second kappa shape index (κ2) is 7.90. The second-order valence-electron chi connectivity index (χ2n) is 5.05. The van der Waals surface area contributed by atoms with Crippen LogP contribution in [0.3, 0.4) is 0 Å². The minimum atomic E-state index is -0.153. The number of nitrogens with one attached hydrogen (secondary N) is 1. The third kappa shape index (κ3) is 4.28. The summed E-state index contributed by atoms with van der Waals surface area (Å²) in [5.41, 5.74) is 0.982. The first kappa shape index (κ1) is 16.4. The summed E-state index contributed by atoms with van der Waals surface area (Å²) >= 11 is 1.56. The van der Waals surface area contributed by atoms with Crippen LogP contribution in [-0.4, -0.2) is 18.3 Å². The van der Waals surface area contributed by atoms with Crippen LogP contribution in [0.5, 0.6) is 5.75 Å². The van der Waals surface area contributed by atoms with Crippen molar-refractivity contribution in [1.82, 2.24) is 5.32 Å². The average Bonchev–Trinajstić information content (AvgIpc) is 2.55. The first-order valence-electron chi connectivity index (χ1n) is 7.27. The third-order valence-corrected chi connectivity index (χ3v) is 4.50. The number of para-hydroxylation sites is 1. The first-order chi connectivity index (χ1) is 10.6. The van der Waals surface area contributed by atoms with Crippen molar-refractivity contribution in [3.8, 4) is 5.75 Å². The standard InChI is InChI=1S/C18H21NO2S/c1-13(16-11-7-8-12-17(16)21-3)19-18(20)14(2)22-15-9-5-4-6-10-15/h4-14H,1-3H3,(H,19,20)/t13-,14-/m1/s1. The highest BCUT2D eigenvalue weighted by molar-refractivity contribution is 8.00. The number of carbonyl (C=O) groups excluding carboxylic acids is 1. The molecule has 0 unspecified atom stereocenters. The SMILES string of the molecule is COc1ccccc1[C@@H](C)NC(=O)[C@@H](C)Sc1ccccc1. The smallest absolute Gasteiger partial charge is 0.233 e. The molecule has 0 aliphatic carbocycles. The molecule has 0 aliphatic heterocycles. The van der Waals surface area contributed by atoms with E-state index in [1.54, 1.807) is 18.9 Å². The summed E-state index contributed by atoms with van der Waals surface area (Å²) in [5.74, 6) is 0.811. The maximum Gasteiger partial charge on any atom is 0.233 e. The van der Waals surface area contributed by atoms with Crippen LogP contribution in [0.2, 0.25) is 0 Å². The molecule has 0 aromatic heterocycles. The number of benzene rings is 2. The van der Waals surface area contributed by atoms with E-state index in [1.165, 1.54) is 0 Å². The van der Waals surface area contributed by atoms with Gasteiger partial charge in [-0.05, 0) is 32.0 Å². The zero-order valence-corrected chi connectivity index (χ0v) is 13.9. The maximum absolute atomic E-state index is 12.4. The van der Waals surface area contributed by atoms with Crippen molar-refractivity contribution >= 4 is 17.7 Å². The van der Waals surface area contributed by atoms with E-state index < -0.39 is 0 Å². The van der Waals surface area contributed by atoms with Crippen molar-refractivity contribution in [3.63, 3.8) is 0 Å². The molecule has 0 saturated heterocycles. The maximum atomic E-state index is 12.4. The predicted octanol–water partition coefficient (Wildman–Crippen LogP) is 4.05. The molecule has 0 radical (unpaired) electrons. The van der Waals surface area contributed by atoms with Crippen LogP contribution in [-0.2, 0) is 4.79 Å². The predicted molar refractivity (Wildman–Crippen MR) is 91.3 cm³/mol. The Kier molecular flexibility index (Phi) is 5.90. The van der Waals surface area contributed by atoms with Gasteiger partial charge in [0.15, 0.2) is 0 Å². The summed E-state index contributed by atoms with van der Waals surface area (Å²) in [7, 11) is 1.64. The Bertz CT molecular complexity index is 615. The molecule has 22 heavy (non-hydrogen) atoms. The third-order valence-electron chi connectivity index (χ3n) is 3.39. The number of amides is 1. The Labute approximate surface area is 136 Å². The van der Waals surface area contributed by atoms with E-state index in [9.17, 15) is 4.79 Å². The molecule has 0 spiro atoms. The van der Waals surface area contributed by atoms with Crippen molar-refractivity contribution < 1.29 is 9.53 Å². The molecule has 3 nitrogen and oxygen atoms in total. The quantitative estimate of drug-likeness (QED) is 0.817. The number of thioether (sulfide) groups is 1. The molecule has 0 fully saturated rings. The number of methoxy groups -OCH3 is 1. The van der Waals surface area contributed by atoms with Gasteiger partial charge in [-0.25, -0.2) is 0 Å². The van der Waals surface area contributed by atoms with E-state index in [4.69, 9.17) is 4.74 Å². The Morgan fingerprint density at radius 3 is 2.36 bits per heavy atom. The summed E-state index contributed by atoms with van der Waals surface area (Å²) in [6.07, 6.45) is 0. The van der Waals surface area contributed by atoms with Gasteiger partial charge in [0.2, 0.25) is 5.91 Å². The minimum Gasteiger partial charge on any atom is -0.496 e. The molecule has 1 N–H and O–H groups in total. The normalized spacial score (nSPS) is 13.2. The van der Waals surface area contributed by atoms with Crippen LogP contribution < -0.4 is 10.1 Å². The van der Waals surface area contributed by atoms with Gasteiger partial charge in [0.25, 0.3) is 0 Å². The molecule has 0 saturated carbocycles. The van der Waals surface area contributed by atoms with E-state index in [2.05, 4.69) is 5.32 Å². The van der Waals surface area contributed by atoms with Crippen LogP contribution in [0.25, 0.3) is 0 Å². The van der Waals surface area contributed by atoms with Gasteiger partial charge >= 0.3 is 0 Å². The zero-order chi connectivity index (χ0) is 15.9. The summed E-state index contributed by atoms with van der Waals surface area (Å²) in [6.45, 7) is 3.89. The van der Waals surface area contributed by atoms with Gasteiger partial charge in [-0.1, -0.05) is 36.4 Å². The van der Waals surface area contributed by atoms with Gasteiger partial charge in [-0.3, -0.25) is 4.79 Å². The van der Waals surface area contributed by atoms with Crippen LogP contribution in [0.1, 0.15) is 25.5 Å². The van der Waals surface area contributed by atoms with E-state index >= 15 is 0 Å². The molecule has 2 aromatic rings. The topological polar surface area (TPSA) is 38.3 Å². The molecular weight excluding hydrogens is 294 g/mol.